The van der Waals surface area contributed by atoms with Gasteiger partial charge in [0.15, 0.2) is 0 Å². The van der Waals surface area contributed by atoms with Crippen LogP contribution < -0.4 is 5.32 Å². The van der Waals surface area contributed by atoms with E-state index in [1.165, 1.54) is 0 Å². The average Bonchev–Trinajstić information content (AvgIpc) is 2.87. The van der Waals surface area contributed by atoms with Crippen molar-refractivity contribution < 1.29 is 9.53 Å². The molecule has 3 unspecified atom stereocenters. The third kappa shape index (κ3) is 3.21. The van der Waals surface area contributed by atoms with Crippen molar-refractivity contribution in [2.24, 2.45) is 11.8 Å². The molecule has 1 saturated carbocycles. The first kappa shape index (κ1) is 14.8. The van der Waals surface area contributed by atoms with Crippen LogP contribution in [-0.4, -0.2) is 40.7 Å². The zero-order chi connectivity index (χ0) is 15.2. The molecule has 1 saturated heterocycles. The molecule has 1 N–H and O–H groups in total. The summed E-state index contributed by atoms with van der Waals surface area (Å²) in [5.74, 6) is 1.14. The molecular formula is C15H23N3O2S. The number of likely N-dealkylation sites (tertiary alicyclic amines) is 1. The number of ether oxygens (including phenoxy) is 1. The molecule has 1 amide bonds. The number of fused-ring (bicyclic) bond motifs is 1. The van der Waals surface area contributed by atoms with Crippen molar-refractivity contribution in [3.8, 4) is 0 Å². The summed E-state index contributed by atoms with van der Waals surface area (Å²) in [6.07, 6.45) is 1.66. The molecule has 1 aliphatic carbocycles. The molecule has 2 fully saturated rings. The minimum absolute atomic E-state index is 0.179. The monoisotopic (exact) mass is 309 g/mol. The Morgan fingerprint density at radius 2 is 2.14 bits per heavy atom. The van der Waals surface area contributed by atoms with Crippen LogP contribution in [0.5, 0.6) is 0 Å². The Balaban J connectivity index is 1.47. The van der Waals surface area contributed by atoms with Crippen LogP contribution in [-0.2, 0) is 4.74 Å². The lowest BCUT2D eigenvalue weighted by Gasteiger charge is -2.26. The quantitative estimate of drug-likeness (QED) is 0.932. The van der Waals surface area contributed by atoms with Gasteiger partial charge in [0.25, 0.3) is 0 Å². The highest BCUT2D eigenvalue weighted by Crippen LogP contribution is 2.46. The van der Waals surface area contributed by atoms with Gasteiger partial charge in [0.05, 0.1) is 6.04 Å². The fourth-order valence-corrected chi connectivity index (χ4v) is 3.71. The molecule has 3 atom stereocenters. The summed E-state index contributed by atoms with van der Waals surface area (Å²) in [5, 5.41) is 6.77. The van der Waals surface area contributed by atoms with Crippen molar-refractivity contribution in [3.05, 3.63) is 16.6 Å². The predicted octanol–water partition coefficient (Wildman–Crippen LogP) is 2.66. The van der Waals surface area contributed by atoms with Gasteiger partial charge in [0.2, 0.25) is 0 Å². The van der Waals surface area contributed by atoms with Crippen LogP contribution in [0, 0.1) is 11.8 Å². The molecule has 0 aromatic carbocycles. The third-order valence-corrected chi connectivity index (χ3v) is 5.07. The number of carbonyl (C=O) groups excluding carboxylic acids is 1. The average molecular weight is 309 g/mol. The lowest BCUT2D eigenvalue weighted by Crippen LogP contribution is -2.39. The van der Waals surface area contributed by atoms with Gasteiger partial charge in [-0.2, -0.15) is 0 Å². The Kier molecular flexibility index (Phi) is 3.69. The summed E-state index contributed by atoms with van der Waals surface area (Å²) in [6.45, 7) is 9.48. The molecule has 2 heterocycles. The fraction of sp³-hybridized carbons (Fsp3) is 0.733. The van der Waals surface area contributed by atoms with E-state index in [4.69, 9.17) is 4.74 Å². The number of hydrogen-bond acceptors (Lipinski definition) is 5. The Morgan fingerprint density at radius 3 is 2.67 bits per heavy atom. The van der Waals surface area contributed by atoms with Crippen LogP contribution in [0.25, 0.3) is 0 Å². The molecule has 1 aliphatic heterocycles. The van der Waals surface area contributed by atoms with Crippen molar-refractivity contribution in [1.29, 1.82) is 0 Å². The molecule has 0 radical (unpaired) electrons. The maximum Gasteiger partial charge on any atom is 0.410 e. The minimum atomic E-state index is -0.416. The van der Waals surface area contributed by atoms with Gasteiger partial charge in [-0.25, -0.2) is 9.78 Å². The van der Waals surface area contributed by atoms with Gasteiger partial charge in [-0.3, -0.25) is 0 Å². The molecule has 21 heavy (non-hydrogen) atoms. The summed E-state index contributed by atoms with van der Waals surface area (Å²) in [7, 11) is 0. The standard InChI is InChI=1S/C15H23N3O2S/c1-9(13-16-5-6-21-13)17-12-10-7-18(8-11(10)12)14(19)20-15(2,3)4/h5-6,9-12,17H,7-8H2,1-4H3. The lowest BCUT2D eigenvalue weighted by atomic mass is 10.2. The van der Waals surface area contributed by atoms with Gasteiger partial charge in [-0.05, 0) is 39.5 Å². The van der Waals surface area contributed by atoms with E-state index >= 15 is 0 Å². The Hall–Kier alpha value is -1.14. The molecule has 1 aromatic rings. The predicted molar refractivity (Wildman–Crippen MR) is 82.2 cm³/mol. The van der Waals surface area contributed by atoms with Crippen LogP contribution >= 0.6 is 11.3 Å². The molecule has 6 heteroatoms. The van der Waals surface area contributed by atoms with E-state index in [0.717, 1.165) is 18.1 Å². The number of hydrogen-bond donors (Lipinski definition) is 1. The highest BCUT2D eigenvalue weighted by atomic mass is 32.1. The van der Waals surface area contributed by atoms with Gasteiger partial charge < -0.3 is 15.0 Å². The summed E-state index contributed by atoms with van der Waals surface area (Å²) >= 11 is 1.68. The zero-order valence-corrected chi connectivity index (χ0v) is 13.8. The van der Waals surface area contributed by atoms with Crippen molar-refractivity contribution in [2.45, 2.75) is 45.4 Å². The number of aromatic nitrogens is 1. The molecule has 5 nitrogen and oxygen atoms in total. The van der Waals surface area contributed by atoms with Crippen LogP contribution in [0.2, 0.25) is 0 Å². The molecule has 0 spiro atoms. The number of nitrogens with zero attached hydrogens (tertiary/aromatic N) is 2. The Labute approximate surface area is 129 Å². The first-order chi connectivity index (χ1) is 9.85. The number of piperidine rings is 1. The van der Waals surface area contributed by atoms with Crippen molar-refractivity contribution in [2.75, 3.05) is 13.1 Å². The first-order valence-corrected chi connectivity index (χ1v) is 8.36. The van der Waals surface area contributed by atoms with Crippen molar-refractivity contribution in [1.82, 2.24) is 15.2 Å². The van der Waals surface area contributed by atoms with Gasteiger partial charge in [0, 0.05) is 30.7 Å². The number of rotatable bonds is 3. The highest BCUT2D eigenvalue weighted by Gasteiger charge is 2.57. The molecule has 0 bridgehead atoms. The van der Waals surface area contributed by atoms with E-state index in [2.05, 4.69) is 17.2 Å². The van der Waals surface area contributed by atoms with Crippen LogP contribution in [0.4, 0.5) is 4.79 Å². The van der Waals surface area contributed by atoms with Crippen LogP contribution in [0.1, 0.15) is 38.7 Å². The van der Waals surface area contributed by atoms with Crippen LogP contribution in [0.15, 0.2) is 11.6 Å². The van der Waals surface area contributed by atoms with Crippen molar-refractivity contribution in [3.63, 3.8) is 0 Å². The summed E-state index contributed by atoms with van der Waals surface area (Å²) < 4.78 is 5.42. The highest BCUT2D eigenvalue weighted by molar-refractivity contribution is 7.09. The second-order valence-corrected chi connectivity index (χ2v) is 7.92. The van der Waals surface area contributed by atoms with Crippen LogP contribution in [0.3, 0.4) is 0 Å². The molecule has 116 valence electrons. The topological polar surface area (TPSA) is 54.5 Å². The third-order valence-electron chi connectivity index (χ3n) is 4.11. The maximum absolute atomic E-state index is 12.0. The zero-order valence-electron chi connectivity index (χ0n) is 13.0. The number of carbonyl (C=O) groups is 1. The Bertz CT molecular complexity index is 499. The second kappa shape index (κ2) is 5.25. The maximum atomic E-state index is 12.0. The smallest absolute Gasteiger partial charge is 0.410 e. The number of nitrogens with one attached hydrogen (secondary N) is 1. The summed E-state index contributed by atoms with van der Waals surface area (Å²) in [4.78, 5) is 18.2. The minimum Gasteiger partial charge on any atom is -0.444 e. The van der Waals surface area contributed by atoms with Gasteiger partial charge in [-0.1, -0.05) is 0 Å². The first-order valence-electron chi connectivity index (χ1n) is 7.48. The molecule has 3 rings (SSSR count). The van der Waals surface area contributed by atoms with E-state index < -0.39 is 5.60 Å². The van der Waals surface area contributed by atoms with E-state index in [1.807, 2.05) is 37.2 Å². The largest absolute Gasteiger partial charge is 0.444 e. The SMILES string of the molecule is CC(NC1C2CN(C(=O)OC(C)(C)C)CC21)c1nccs1. The van der Waals surface area contributed by atoms with Gasteiger partial charge >= 0.3 is 6.09 Å². The molecular weight excluding hydrogens is 286 g/mol. The van der Waals surface area contributed by atoms with E-state index in [9.17, 15) is 4.79 Å². The van der Waals surface area contributed by atoms with Gasteiger partial charge in [0.1, 0.15) is 10.6 Å². The molecule has 2 aliphatic rings. The summed E-state index contributed by atoms with van der Waals surface area (Å²) in [6, 6.07) is 0.804. The van der Waals surface area contributed by atoms with E-state index in [0.29, 0.717) is 17.9 Å². The normalized spacial score (nSPS) is 29.1. The molecule has 1 aromatic heterocycles. The fourth-order valence-electron chi connectivity index (χ4n) is 3.06. The lowest BCUT2D eigenvalue weighted by molar-refractivity contribution is 0.0269. The van der Waals surface area contributed by atoms with Crippen molar-refractivity contribution >= 4 is 17.4 Å². The second-order valence-electron chi connectivity index (χ2n) is 7.00. The number of amides is 1. The Morgan fingerprint density at radius 1 is 1.48 bits per heavy atom. The number of thiazole rings is 1. The van der Waals surface area contributed by atoms with E-state index in [1.54, 1.807) is 11.3 Å². The summed E-state index contributed by atoms with van der Waals surface area (Å²) in [5.41, 5.74) is -0.416. The van der Waals surface area contributed by atoms with Gasteiger partial charge in [-0.15, -0.1) is 11.3 Å². The van der Waals surface area contributed by atoms with E-state index in [-0.39, 0.29) is 12.1 Å².